The van der Waals surface area contributed by atoms with E-state index < -0.39 is 56.6 Å². The Hall–Kier alpha value is -2.72. The molecule has 14 heteroatoms. The van der Waals surface area contributed by atoms with E-state index in [9.17, 15) is 30.7 Å². The van der Waals surface area contributed by atoms with E-state index in [4.69, 9.17) is 9.47 Å². The summed E-state index contributed by atoms with van der Waals surface area (Å²) >= 11 is 0. The Morgan fingerprint density at radius 3 is 2.38 bits per heavy atom. The topological polar surface area (TPSA) is 134 Å². The molecule has 3 N–H and O–H groups in total. The first-order chi connectivity index (χ1) is 21.3. The van der Waals surface area contributed by atoms with Crippen molar-refractivity contribution in [2.24, 2.45) is 0 Å². The molecular formula is C31H37F2N3O7S2. The molecule has 1 unspecified atom stereocenters. The first kappa shape index (κ1) is 32.2. The molecular weight excluding hydrogens is 628 g/mol. The lowest BCUT2D eigenvalue weighted by Gasteiger charge is -2.38. The molecule has 2 atom stereocenters. The van der Waals surface area contributed by atoms with Crippen molar-refractivity contribution in [3.05, 3.63) is 66.7 Å². The first-order valence-electron chi connectivity index (χ1n) is 15.0. The van der Waals surface area contributed by atoms with Crippen LogP contribution in [-0.4, -0.2) is 88.8 Å². The molecule has 6 rings (SSSR count). The average molecular weight is 666 g/mol. The summed E-state index contributed by atoms with van der Waals surface area (Å²) in [7, 11) is -7.62. The van der Waals surface area contributed by atoms with Crippen LogP contribution in [0.5, 0.6) is 5.75 Å². The van der Waals surface area contributed by atoms with Gasteiger partial charge in [0, 0.05) is 50.6 Å². The maximum Gasteiger partial charge on any atom is 0.251 e. The van der Waals surface area contributed by atoms with Gasteiger partial charge in [-0.2, -0.15) is 4.31 Å². The van der Waals surface area contributed by atoms with Crippen LogP contribution < -0.4 is 14.8 Å². The van der Waals surface area contributed by atoms with Gasteiger partial charge in [-0.3, -0.25) is 0 Å². The molecule has 45 heavy (non-hydrogen) atoms. The smallest absolute Gasteiger partial charge is 0.251 e. The third-order valence-electron chi connectivity index (χ3n) is 8.81. The van der Waals surface area contributed by atoms with Gasteiger partial charge in [0.15, 0.2) is 0 Å². The number of sulfonamides is 2. The van der Waals surface area contributed by atoms with Crippen LogP contribution in [0.1, 0.15) is 32.1 Å². The summed E-state index contributed by atoms with van der Waals surface area (Å²) < 4.78 is 93.7. The lowest BCUT2D eigenvalue weighted by molar-refractivity contribution is -0.0876. The van der Waals surface area contributed by atoms with Gasteiger partial charge in [0.2, 0.25) is 20.0 Å². The number of aliphatic hydroxyl groups excluding tert-OH is 1. The molecule has 3 aromatic rings. The lowest BCUT2D eigenvalue weighted by atomic mass is 9.88. The summed E-state index contributed by atoms with van der Waals surface area (Å²) in [5.74, 6) is -2.61. The third-order valence-corrected chi connectivity index (χ3v) is 12.2. The quantitative estimate of drug-likeness (QED) is 0.284. The predicted molar refractivity (Wildman–Crippen MR) is 163 cm³/mol. The van der Waals surface area contributed by atoms with E-state index in [0.717, 1.165) is 10.8 Å². The van der Waals surface area contributed by atoms with Crippen molar-refractivity contribution in [3.63, 3.8) is 0 Å². The molecule has 1 spiro atoms. The Morgan fingerprint density at radius 1 is 0.911 bits per heavy atom. The minimum atomic E-state index is -3.99. The minimum absolute atomic E-state index is 0.0262. The van der Waals surface area contributed by atoms with Gasteiger partial charge in [-0.25, -0.2) is 30.3 Å². The van der Waals surface area contributed by atoms with E-state index in [2.05, 4.69) is 10.0 Å². The number of halogens is 2. The highest BCUT2D eigenvalue weighted by molar-refractivity contribution is 7.89. The minimum Gasteiger partial charge on any atom is -0.491 e. The van der Waals surface area contributed by atoms with Crippen molar-refractivity contribution in [2.45, 2.75) is 71.6 Å². The van der Waals surface area contributed by atoms with Gasteiger partial charge < -0.3 is 19.9 Å². The zero-order valence-electron chi connectivity index (χ0n) is 24.6. The molecule has 3 aromatic carbocycles. The van der Waals surface area contributed by atoms with Crippen LogP contribution in [0.4, 0.5) is 8.78 Å². The van der Waals surface area contributed by atoms with E-state index in [1.807, 2.05) is 30.3 Å². The number of piperidine rings is 1. The van der Waals surface area contributed by atoms with Gasteiger partial charge in [-0.15, -0.1) is 0 Å². The monoisotopic (exact) mass is 665 g/mol. The normalized spacial score (nSPS) is 22.8. The highest BCUT2D eigenvalue weighted by Crippen LogP contribution is 2.39. The third kappa shape index (κ3) is 7.32. The molecule has 0 radical (unpaired) electrons. The fourth-order valence-electron chi connectivity index (χ4n) is 6.25. The molecule has 0 bridgehead atoms. The summed E-state index contributed by atoms with van der Waals surface area (Å²) in [6, 6.07) is 17.7. The fraction of sp³-hybridized carbons (Fsp3) is 0.484. The molecule has 2 saturated heterocycles. The summed E-state index contributed by atoms with van der Waals surface area (Å²) in [5, 5.41) is 15.7. The fourth-order valence-corrected chi connectivity index (χ4v) is 9.00. The predicted octanol–water partition coefficient (Wildman–Crippen LogP) is 3.26. The summed E-state index contributed by atoms with van der Waals surface area (Å²) in [4.78, 5) is 0.179. The highest BCUT2D eigenvalue weighted by atomic mass is 32.2. The number of nitrogens with zero attached hydrogens (tertiary/aromatic N) is 1. The maximum atomic E-state index is 13.4. The van der Waals surface area contributed by atoms with Crippen molar-refractivity contribution in [1.29, 1.82) is 0 Å². The van der Waals surface area contributed by atoms with E-state index in [1.165, 1.54) is 22.5 Å². The van der Waals surface area contributed by atoms with Gasteiger partial charge in [0.05, 0.1) is 22.0 Å². The molecule has 10 nitrogen and oxygen atoms in total. The van der Waals surface area contributed by atoms with Gasteiger partial charge in [-0.1, -0.05) is 36.4 Å². The van der Waals surface area contributed by atoms with Crippen LogP contribution in [0.15, 0.2) is 76.5 Å². The van der Waals surface area contributed by atoms with E-state index >= 15 is 0 Å². The second-order valence-electron chi connectivity index (χ2n) is 12.2. The number of hydrogen-bond acceptors (Lipinski definition) is 8. The number of aliphatic hydroxyl groups is 1. The number of ether oxygens (including phenoxy) is 2. The van der Waals surface area contributed by atoms with Crippen molar-refractivity contribution < 1.29 is 40.2 Å². The van der Waals surface area contributed by atoms with Crippen molar-refractivity contribution >= 4 is 30.8 Å². The Kier molecular flexibility index (Phi) is 8.93. The summed E-state index contributed by atoms with van der Waals surface area (Å²) in [6.45, 7) is 1.26. The molecule has 2 heterocycles. The standard InChI is InChI=1S/C31H37F2N3O7S2/c32-31(33)17-24(18-31)35-44(38,39)28-7-3-6-27(15-28)42-21-26(37)19-34-25-16-30(43-20-25)10-12-36(13-11-30)45(40,41)29-9-8-22-4-1-2-5-23(22)14-29/h1-9,14-15,24-26,34-35,37H,10-13,16-21H2/t25?,26-/m0/s1. The summed E-state index contributed by atoms with van der Waals surface area (Å²) in [5.41, 5.74) is -0.427. The van der Waals surface area contributed by atoms with Gasteiger partial charge >= 0.3 is 0 Å². The zero-order valence-corrected chi connectivity index (χ0v) is 26.2. The maximum absolute atomic E-state index is 13.4. The van der Waals surface area contributed by atoms with E-state index in [0.29, 0.717) is 39.0 Å². The van der Waals surface area contributed by atoms with Gasteiger partial charge in [-0.05, 0) is 54.3 Å². The number of nitrogens with one attached hydrogen (secondary N) is 2. The van der Waals surface area contributed by atoms with Crippen molar-refractivity contribution in [3.8, 4) is 5.75 Å². The Bertz CT molecular complexity index is 1740. The van der Waals surface area contributed by atoms with Gasteiger partial charge in [0.1, 0.15) is 18.5 Å². The van der Waals surface area contributed by atoms with Crippen LogP contribution in [0.3, 0.4) is 0 Å². The molecule has 1 aliphatic carbocycles. The average Bonchev–Trinajstić information content (AvgIpc) is 3.40. The molecule has 2 aliphatic heterocycles. The molecule has 3 fully saturated rings. The zero-order chi connectivity index (χ0) is 31.9. The van der Waals surface area contributed by atoms with Crippen LogP contribution >= 0.6 is 0 Å². The van der Waals surface area contributed by atoms with Crippen LogP contribution in [0.25, 0.3) is 10.8 Å². The number of rotatable bonds is 11. The van der Waals surface area contributed by atoms with Crippen LogP contribution in [-0.2, 0) is 24.8 Å². The number of benzene rings is 3. The number of hydrogen-bond donors (Lipinski definition) is 3. The Labute approximate surface area is 261 Å². The van der Waals surface area contributed by atoms with Crippen LogP contribution in [0.2, 0.25) is 0 Å². The van der Waals surface area contributed by atoms with Gasteiger partial charge in [0.25, 0.3) is 5.92 Å². The summed E-state index contributed by atoms with van der Waals surface area (Å²) in [6.07, 6.45) is -0.125. The lowest BCUT2D eigenvalue weighted by Crippen LogP contribution is -2.50. The van der Waals surface area contributed by atoms with Crippen molar-refractivity contribution in [1.82, 2.24) is 14.3 Å². The molecule has 0 aromatic heterocycles. The second kappa shape index (κ2) is 12.5. The van der Waals surface area contributed by atoms with E-state index in [1.54, 1.807) is 18.2 Å². The van der Waals surface area contributed by atoms with Crippen LogP contribution in [0, 0.1) is 0 Å². The number of alkyl halides is 2. The Morgan fingerprint density at radius 2 is 1.64 bits per heavy atom. The van der Waals surface area contributed by atoms with Crippen molar-refractivity contribution in [2.75, 3.05) is 32.8 Å². The highest BCUT2D eigenvalue weighted by Gasteiger charge is 2.47. The largest absolute Gasteiger partial charge is 0.491 e. The molecule has 244 valence electrons. The molecule has 0 amide bonds. The molecule has 1 saturated carbocycles. The van der Waals surface area contributed by atoms with E-state index in [-0.39, 0.29) is 34.7 Å². The second-order valence-corrected chi connectivity index (χ2v) is 15.9. The Balaban J connectivity index is 0.949. The number of fused-ring (bicyclic) bond motifs is 1. The molecule has 3 aliphatic rings. The SMILES string of the molecule is O=S(=O)(NC1CC(F)(F)C1)c1cccc(OC[C@@H](O)CNC2COC3(CCN(S(=O)(=O)c4ccc5ccccc5c4)CC3)C2)c1. The first-order valence-corrected chi connectivity index (χ1v) is 17.9.